The molecule has 3 heteroatoms. The number of fused-ring (bicyclic) bond motifs is 1. The molecule has 74 valence electrons. The van der Waals surface area contributed by atoms with Crippen LogP contribution in [-0.2, 0) is 16.0 Å². The fraction of sp³-hybridized carbons (Fsp3) is 0.364. The van der Waals surface area contributed by atoms with Crippen LogP contribution in [0.1, 0.15) is 12.5 Å². The number of methoxy groups -OCH3 is 1. The lowest BCUT2D eigenvalue weighted by Gasteiger charge is -2.21. The van der Waals surface area contributed by atoms with Gasteiger partial charge in [-0.15, -0.1) is 0 Å². The first-order chi connectivity index (χ1) is 6.65. The molecule has 1 aliphatic rings. The lowest BCUT2D eigenvalue weighted by molar-refractivity contribution is -0.145. The second kappa shape index (κ2) is 3.01. The van der Waals surface area contributed by atoms with E-state index >= 15 is 0 Å². The molecule has 14 heavy (non-hydrogen) atoms. The smallest absolute Gasteiger partial charge is 0.331 e. The van der Waals surface area contributed by atoms with Crippen LogP contribution in [0.3, 0.4) is 0 Å². The van der Waals surface area contributed by atoms with E-state index in [1.54, 1.807) is 0 Å². The summed E-state index contributed by atoms with van der Waals surface area (Å²) in [5.74, 6) is -0.214. The van der Waals surface area contributed by atoms with E-state index in [0.29, 0.717) is 6.42 Å². The number of hydrogen-bond donors (Lipinski definition) is 1. The van der Waals surface area contributed by atoms with Gasteiger partial charge in [0, 0.05) is 12.1 Å². The summed E-state index contributed by atoms with van der Waals surface area (Å²) in [6, 6.07) is 7.93. The molecule has 1 unspecified atom stereocenters. The molecule has 0 spiro atoms. The minimum atomic E-state index is -0.599. The highest BCUT2D eigenvalue weighted by Gasteiger charge is 2.39. The highest BCUT2D eigenvalue weighted by atomic mass is 16.5. The van der Waals surface area contributed by atoms with Crippen molar-refractivity contribution >= 4 is 11.7 Å². The van der Waals surface area contributed by atoms with Crippen molar-refractivity contribution in [1.29, 1.82) is 0 Å². The number of esters is 1. The molecule has 0 aliphatic carbocycles. The highest BCUT2D eigenvalue weighted by Crippen LogP contribution is 2.32. The number of carbonyl (C=O) groups excluding carboxylic acids is 1. The van der Waals surface area contributed by atoms with Crippen LogP contribution in [0.15, 0.2) is 24.3 Å². The van der Waals surface area contributed by atoms with E-state index in [1.807, 2.05) is 31.2 Å². The Hall–Kier alpha value is -1.51. The Morgan fingerprint density at radius 1 is 1.50 bits per heavy atom. The summed E-state index contributed by atoms with van der Waals surface area (Å²) >= 11 is 0. The molecule has 1 atom stereocenters. The maximum Gasteiger partial charge on any atom is 0.331 e. The summed E-state index contributed by atoms with van der Waals surface area (Å²) in [5.41, 5.74) is 1.60. The van der Waals surface area contributed by atoms with Gasteiger partial charge in [0.15, 0.2) is 0 Å². The molecular weight excluding hydrogens is 178 g/mol. The van der Waals surface area contributed by atoms with Crippen molar-refractivity contribution in [3.8, 4) is 0 Å². The quantitative estimate of drug-likeness (QED) is 0.685. The molecule has 1 heterocycles. The zero-order valence-electron chi connectivity index (χ0n) is 8.33. The highest BCUT2D eigenvalue weighted by molar-refractivity contribution is 5.87. The molecule has 2 rings (SSSR count). The van der Waals surface area contributed by atoms with Gasteiger partial charge in [0.1, 0.15) is 5.54 Å². The van der Waals surface area contributed by atoms with Crippen molar-refractivity contribution in [2.75, 3.05) is 12.4 Å². The van der Waals surface area contributed by atoms with Crippen molar-refractivity contribution in [2.45, 2.75) is 18.9 Å². The van der Waals surface area contributed by atoms with Gasteiger partial charge in [-0.1, -0.05) is 18.2 Å². The summed E-state index contributed by atoms with van der Waals surface area (Å²) < 4.78 is 4.77. The monoisotopic (exact) mass is 191 g/mol. The minimum absolute atomic E-state index is 0.214. The molecular formula is C11H13NO2. The maximum absolute atomic E-state index is 11.5. The van der Waals surface area contributed by atoms with Gasteiger partial charge in [0.05, 0.1) is 7.11 Å². The summed E-state index contributed by atoms with van der Waals surface area (Å²) in [7, 11) is 1.41. The largest absolute Gasteiger partial charge is 0.467 e. The van der Waals surface area contributed by atoms with E-state index < -0.39 is 5.54 Å². The van der Waals surface area contributed by atoms with E-state index in [2.05, 4.69) is 5.32 Å². The number of benzene rings is 1. The Labute approximate surface area is 83.1 Å². The van der Waals surface area contributed by atoms with Gasteiger partial charge in [-0.25, -0.2) is 4.79 Å². The standard InChI is InChI=1S/C11H13NO2/c1-11(10(13)14-2)7-8-5-3-4-6-9(8)12-11/h3-6,12H,7H2,1-2H3. The molecule has 0 bridgehead atoms. The Kier molecular flexibility index (Phi) is 1.95. The Morgan fingerprint density at radius 2 is 2.21 bits per heavy atom. The van der Waals surface area contributed by atoms with Crippen LogP contribution < -0.4 is 5.32 Å². The number of ether oxygens (including phenoxy) is 1. The van der Waals surface area contributed by atoms with E-state index in [1.165, 1.54) is 12.7 Å². The van der Waals surface area contributed by atoms with Gasteiger partial charge in [0.2, 0.25) is 0 Å². The summed E-state index contributed by atoms with van der Waals surface area (Å²) in [6.45, 7) is 1.86. The Morgan fingerprint density at radius 3 is 2.86 bits per heavy atom. The van der Waals surface area contributed by atoms with Gasteiger partial charge >= 0.3 is 5.97 Å². The van der Waals surface area contributed by atoms with E-state index in [0.717, 1.165) is 5.69 Å². The number of nitrogens with one attached hydrogen (secondary N) is 1. The molecule has 1 aromatic rings. The van der Waals surface area contributed by atoms with Gasteiger partial charge in [-0.3, -0.25) is 0 Å². The first kappa shape index (κ1) is 9.06. The van der Waals surface area contributed by atoms with Crippen LogP contribution in [0.25, 0.3) is 0 Å². The van der Waals surface area contributed by atoms with Crippen LogP contribution in [0.2, 0.25) is 0 Å². The molecule has 1 aromatic carbocycles. The number of para-hydroxylation sites is 1. The molecule has 0 fully saturated rings. The van der Waals surface area contributed by atoms with Crippen molar-refractivity contribution in [3.05, 3.63) is 29.8 Å². The third kappa shape index (κ3) is 1.25. The molecule has 0 saturated carbocycles. The van der Waals surface area contributed by atoms with Crippen molar-refractivity contribution in [1.82, 2.24) is 0 Å². The molecule has 0 radical (unpaired) electrons. The third-order valence-corrected chi connectivity index (χ3v) is 2.61. The topological polar surface area (TPSA) is 38.3 Å². The number of hydrogen-bond acceptors (Lipinski definition) is 3. The van der Waals surface area contributed by atoms with Gasteiger partial charge < -0.3 is 10.1 Å². The SMILES string of the molecule is COC(=O)C1(C)Cc2ccccc2N1. The van der Waals surface area contributed by atoms with E-state index in [9.17, 15) is 4.79 Å². The molecule has 1 N–H and O–H groups in total. The van der Waals surface area contributed by atoms with Crippen LogP contribution in [0.5, 0.6) is 0 Å². The third-order valence-electron chi connectivity index (χ3n) is 2.61. The summed E-state index contributed by atoms with van der Waals surface area (Å²) in [4.78, 5) is 11.5. The lowest BCUT2D eigenvalue weighted by Crippen LogP contribution is -2.42. The lowest BCUT2D eigenvalue weighted by atomic mass is 9.98. The first-order valence-electron chi connectivity index (χ1n) is 4.60. The molecule has 1 aliphatic heterocycles. The Bertz CT molecular complexity index is 348. The van der Waals surface area contributed by atoms with Crippen molar-refractivity contribution < 1.29 is 9.53 Å². The van der Waals surface area contributed by atoms with Crippen LogP contribution in [-0.4, -0.2) is 18.6 Å². The van der Waals surface area contributed by atoms with Gasteiger partial charge in [0.25, 0.3) is 0 Å². The number of carbonyl (C=O) groups is 1. The normalized spacial score (nSPS) is 23.9. The molecule has 0 saturated heterocycles. The minimum Gasteiger partial charge on any atom is -0.467 e. The zero-order valence-corrected chi connectivity index (χ0v) is 8.33. The van der Waals surface area contributed by atoms with Crippen molar-refractivity contribution in [3.63, 3.8) is 0 Å². The Balaban J connectivity index is 2.30. The fourth-order valence-corrected chi connectivity index (χ4v) is 1.87. The average molecular weight is 191 g/mol. The maximum atomic E-state index is 11.5. The van der Waals surface area contributed by atoms with E-state index in [4.69, 9.17) is 4.74 Å². The van der Waals surface area contributed by atoms with Crippen LogP contribution in [0.4, 0.5) is 5.69 Å². The average Bonchev–Trinajstić information content (AvgIpc) is 2.54. The summed E-state index contributed by atoms with van der Waals surface area (Å²) in [6.07, 6.45) is 0.690. The second-order valence-corrected chi connectivity index (χ2v) is 3.78. The molecule has 0 amide bonds. The van der Waals surface area contributed by atoms with Gasteiger partial charge in [-0.05, 0) is 18.6 Å². The predicted molar refractivity (Wildman–Crippen MR) is 54.2 cm³/mol. The zero-order chi connectivity index (χ0) is 10.2. The predicted octanol–water partition coefficient (Wildman–Crippen LogP) is 1.59. The number of rotatable bonds is 1. The van der Waals surface area contributed by atoms with Gasteiger partial charge in [-0.2, -0.15) is 0 Å². The van der Waals surface area contributed by atoms with E-state index in [-0.39, 0.29) is 5.97 Å². The fourth-order valence-electron chi connectivity index (χ4n) is 1.87. The summed E-state index contributed by atoms with van der Waals surface area (Å²) in [5, 5.41) is 3.19. The molecule has 0 aromatic heterocycles. The number of anilines is 1. The second-order valence-electron chi connectivity index (χ2n) is 3.78. The van der Waals surface area contributed by atoms with Crippen LogP contribution >= 0.6 is 0 Å². The van der Waals surface area contributed by atoms with Crippen LogP contribution in [0, 0.1) is 0 Å². The first-order valence-corrected chi connectivity index (χ1v) is 4.60. The molecule has 3 nitrogen and oxygen atoms in total. The van der Waals surface area contributed by atoms with Crippen molar-refractivity contribution in [2.24, 2.45) is 0 Å².